The Morgan fingerprint density at radius 3 is 2.85 bits per heavy atom. The molecule has 1 saturated carbocycles. The van der Waals surface area contributed by atoms with Crippen LogP contribution in [0.5, 0.6) is 5.88 Å². The molecule has 0 unspecified atom stereocenters. The summed E-state index contributed by atoms with van der Waals surface area (Å²) in [5.41, 5.74) is 5.38. The lowest BCUT2D eigenvalue weighted by molar-refractivity contribution is 0.288. The molecular formula is C9H13N3O. The minimum absolute atomic E-state index is 0.426. The van der Waals surface area contributed by atoms with Crippen LogP contribution in [0.3, 0.4) is 0 Å². The zero-order valence-corrected chi connectivity index (χ0v) is 7.44. The number of nitrogens with zero attached hydrogens (tertiary/aromatic N) is 2. The van der Waals surface area contributed by atoms with Gasteiger partial charge >= 0.3 is 0 Å². The second-order valence-corrected chi connectivity index (χ2v) is 3.38. The minimum Gasteiger partial charge on any atom is -0.477 e. The first-order chi connectivity index (χ1) is 6.34. The summed E-state index contributed by atoms with van der Waals surface area (Å²) in [6.07, 6.45) is 3.85. The average molecular weight is 179 g/mol. The van der Waals surface area contributed by atoms with E-state index in [-0.39, 0.29) is 0 Å². The first-order valence-electron chi connectivity index (χ1n) is 4.56. The molecule has 1 heterocycles. The Labute approximate surface area is 77.1 Å². The highest BCUT2D eigenvalue weighted by Gasteiger charge is 2.20. The lowest BCUT2D eigenvalue weighted by atomic mass is 10.3. The van der Waals surface area contributed by atoms with Crippen molar-refractivity contribution >= 4 is 5.82 Å². The van der Waals surface area contributed by atoms with Crippen molar-refractivity contribution in [2.75, 3.05) is 12.3 Å². The number of nitrogen functional groups attached to an aromatic ring is 1. The van der Waals surface area contributed by atoms with Crippen molar-refractivity contribution in [2.24, 2.45) is 5.92 Å². The lowest BCUT2D eigenvalue weighted by Gasteiger charge is -2.02. The van der Waals surface area contributed by atoms with E-state index in [1.165, 1.54) is 12.8 Å². The SMILES string of the molecule is Nc1ccc(OCCC2CC2)nn1. The van der Waals surface area contributed by atoms with Gasteiger partial charge in [0.25, 0.3) is 0 Å². The van der Waals surface area contributed by atoms with Crippen molar-refractivity contribution in [1.29, 1.82) is 0 Å². The van der Waals surface area contributed by atoms with Crippen molar-refractivity contribution in [1.82, 2.24) is 10.2 Å². The van der Waals surface area contributed by atoms with Gasteiger partial charge in [0.05, 0.1) is 6.61 Å². The molecule has 2 N–H and O–H groups in total. The van der Waals surface area contributed by atoms with E-state index in [2.05, 4.69) is 10.2 Å². The van der Waals surface area contributed by atoms with Crippen molar-refractivity contribution < 1.29 is 4.74 Å². The van der Waals surface area contributed by atoms with E-state index in [4.69, 9.17) is 10.5 Å². The molecular weight excluding hydrogens is 166 g/mol. The van der Waals surface area contributed by atoms with Crippen LogP contribution >= 0.6 is 0 Å². The predicted octanol–water partition coefficient (Wildman–Crippen LogP) is 1.24. The van der Waals surface area contributed by atoms with E-state index in [0.717, 1.165) is 18.9 Å². The summed E-state index contributed by atoms with van der Waals surface area (Å²) in [7, 11) is 0. The molecule has 70 valence electrons. The van der Waals surface area contributed by atoms with E-state index < -0.39 is 0 Å². The van der Waals surface area contributed by atoms with Crippen LogP contribution in [0, 0.1) is 5.92 Å². The summed E-state index contributed by atoms with van der Waals surface area (Å²) in [5, 5.41) is 7.49. The van der Waals surface area contributed by atoms with E-state index in [0.29, 0.717) is 11.7 Å². The molecule has 1 aliphatic carbocycles. The van der Waals surface area contributed by atoms with Crippen LogP contribution in [0.25, 0.3) is 0 Å². The topological polar surface area (TPSA) is 61.0 Å². The summed E-state index contributed by atoms with van der Waals surface area (Å²) in [4.78, 5) is 0. The number of hydrogen-bond donors (Lipinski definition) is 1. The third-order valence-electron chi connectivity index (χ3n) is 2.13. The predicted molar refractivity (Wildman–Crippen MR) is 49.3 cm³/mol. The summed E-state index contributed by atoms with van der Waals surface area (Å²) < 4.78 is 5.38. The first-order valence-corrected chi connectivity index (χ1v) is 4.56. The van der Waals surface area contributed by atoms with Crippen LogP contribution in [0.2, 0.25) is 0 Å². The fourth-order valence-corrected chi connectivity index (χ4v) is 1.14. The molecule has 1 aliphatic rings. The van der Waals surface area contributed by atoms with Gasteiger partial charge in [0.1, 0.15) is 5.82 Å². The molecule has 4 heteroatoms. The van der Waals surface area contributed by atoms with Crippen molar-refractivity contribution in [3.63, 3.8) is 0 Å². The number of rotatable bonds is 4. The number of ether oxygens (including phenoxy) is 1. The molecule has 1 aromatic rings. The summed E-state index contributed by atoms with van der Waals surface area (Å²) in [5.74, 6) is 1.88. The quantitative estimate of drug-likeness (QED) is 0.755. The average Bonchev–Trinajstić information content (AvgIpc) is 2.92. The van der Waals surface area contributed by atoms with Gasteiger partial charge in [-0.25, -0.2) is 0 Å². The summed E-state index contributed by atoms with van der Waals surface area (Å²) in [6, 6.07) is 3.44. The molecule has 2 rings (SSSR count). The molecule has 0 saturated heterocycles. The molecule has 0 bridgehead atoms. The Bertz CT molecular complexity index is 269. The second-order valence-electron chi connectivity index (χ2n) is 3.38. The molecule has 13 heavy (non-hydrogen) atoms. The van der Waals surface area contributed by atoms with Crippen molar-refractivity contribution in [3.8, 4) is 5.88 Å². The summed E-state index contributed by atoms with van der Waals surface area (Å²) >= 11 is 0. The molecule has 0 radical (unpaired) electrons. The highest BCUT2D eigenvalue weighted by Crippen LogP contribution is 2.32. The molecule has 0 aliphatic heterocycles. The lowest BCUT2D eigenvalue weighted by Crippen LogP contribution is -2.01. The highest BCUT2D eigenvalue weighted by molar-refractivity contribution is 5.27. The Morgan fingerprint density at radius 2 is 2.23 bits per heavy atom. The van der Waals surface area contributed by atoms with E-state index in [9.17, 15) is 0 Å². The van der Waals surface area contributed by atoms with Crippen LogP contribution in [0.15, 0.2) is 12.1 Å². The third-order valence-corrected chi connectivity index (χ3v) is 2.13. The van der Waals surface area contributed by atoms with Gasteiger partial charge in [-0.3, -0.25) is 0 Å². The Hall–Kier alpha value is -1.32. The number of aromatic nitrogens is 2. The molecule has 0 aromatic carbocycles. The van der Waals surface area contributed by atoms with Gasteiger partial charge < -0.3 is 10.5 Å². The van der Waals surface area contributed by atoms with Crippen molar-refractivity contribution in [2.45, 2.75) is 19.3 Å². The smallest absolute Gasteiger partial charge is 0.233 e. The molecule has 0 spiro atoms. The molecule has 4 nitrogen and oxygen atoms in total. The molecule has 0 atom stereocenters. The monoisotopic (exact) mass is 179 g/mol. The van der Waals surface area contributed by atoms with E-state index >= 15 is 0 Å². The van der Waals surface area contributed by atoms with Crippen LogP contribution in [-0.4, -0.2) is 16.8 Å². The fourth-order valence-electron chi connectivity index (χ4n) is 1.14. The third kappa shape index (κ3) is 2.57. The van der Waals surface area contributed by atoms with Crippen LogP contribution < -0.4 is 10.5 Å². The Balaban J connectivity index is 1.76. The highest BCUT2D eigenvalue weighted by atomic mass is 16.5. The Morgan fingerprint density at radius 1 is 1.38 bits per heavy atom. The summed E-state index contributed by atoms with van der Waals surface area (Å²) in [6.45, 7) is 0.739. The van der Waals surface area contributed by atoms with E-state index in [1.54, 1.807) is 12.1 Å². The molecule has 1 aromatic heterocycles. The minimum atomic E-state index is 0.426. The normalized spacial score (nSPS) is 15.7. The van der Waals surface area contributed by atoms with Gasteiger partial charge in [0.15, 0.2) is 0 Å². The maximum absolute atomic E-state index is 5.38. The standard InChI is InChI=1S/C9H13N3O/c10-8-3-4-9(12-11-8)13-6-5-7-1-2-7/h3-4,7H,1-2,5-6H2,(H2,10,11). The Kier molecular flexibility index (Phi) is 2.29. The number of anilines is 1. The first kappa shape index (κ1) is 8.29. The van der Waals surface area contributed by atoms with Crippen molar-refractivity contribution in [3.05, 3.63) is 12.1 Å². The molecule has 1 fully saturated rings. The zero-order chi connectivity index (χ0) is 9.10. The fraction of sp³-hybridized carbons (Fsp3) is 0.556. The zero-order valence-electron chi connectivity index (χ0n) is 7.44. The maximum Gasteiger partial charge on any atom is 0.233 e. The number of hydrogen-bond acceptors (Lipinski definition) is 4. The van der Waals surface area contributed by atoms with Gasteiger partial charge in [0.2, 0.25) is 5.88 Å². The van der Waals surface area contributed by atoms with Gasteiger partial charge in [-0.15, -0.1) is 10.2 Å². The maximum atomic E-state index is 5.38. The largest absolute Gasteiger partial charge is 0.477 e. The van der Waals surface area contributed by atoms with Gasteiger partial charge in [-0.1, -0.05) is 12.8 Å². The van der Waals surface area contributed by atoms with Crippen LogP contribution in [-0.2, 0) is 0 Å². The number of nitrogens with two attached hydrogens (primary N) is 1. The van der Waals surface area contributed by atoms with Gasteiger partial charge in [-0.2, -0.15) is 0 Å². The second kappa shape index (κ2) is 3.60. The van der Waals surface area contributed by atoms with Gasteiger partial charge in [0, 0.05) is 6.07 Å². The van der Waals surface area contributed by atoms with E-state index in [1.807, 2.05) is 0 Å². The molecule has 0 amide bonds. The van der Waals surface area contributed by atoms with Crippen LogP contribution in [0.1, 0.15) is 19.3 Å². The van der Waals surface area contributed by atoms with Crippen LogP contribution in [0.4, 0.5) is 5.82 Å². The van der Waals surface area contributed by atoms with Gasteiger partial charge in [-0.05, 0) is 18.4 Å².